The molecule has 2 rings (SSSR count). The predicted molar refractivity (Wildman–Crippen MR) is 61.6 cm³/mol. The number of hydrogen-bond acceptors (Lipinski definition) is 5. The van der Waals surface area contributed by atoms with E-state index >= 15 is 0 Å². The molecular weight excluding hydrogens is 222 g/mol. The summed E-state index contributed by atoms with van der Waals surface area (Å²) in [6.07, 6.45) is 1.47. The van der Waals surface area contributed by atoms with Gasteiger partial charge in [0.25, 0.3) is 0 Å². The first-order valence-corrected chi connectivity index (χ1v) is 4.93. The third-order valence-corrected chi connectivity index (χ3v) is 2.25. The Morgan fingerprint density at radius 3 is 2.94 bits per heavy atom. The third-order valence-electron chi connectivity index (χ3n) is 2.25. The Kier molecular flexibility index (Phi) is 2.95. The van der Waals surface area contributed by atoms with E-state index in [4.69, 9.17) is 10.8 Å². The van der Waals surface area contributed by atoms with E-state index in [0.717, 1.165) is 5.69 Å². The fourth-order valence-electron chi connectivity index (χ4n) is 1.37. The number of nitrogen functional groups attached to an aromatic ring is 1. The molecule has 0 aliphatic carbocycles. The second-order valence-electron chi connectivity index (χ2n) is 3.45. The number of anilines is 2. The molecule has 0 bridgehead atoms. The van der Waals surface area contributed by atoms with E-state index < -0.39 is 5.97 Å². The van der Waals surface area contributed by atoms with Gasteiger partial charge in [0.05, 0.1) is 12.1 Å². The van der Waals surface area contributed by atoms with E-state index in [1.54, 1.807) is 18.2 Å². The zero-order chi connectivity index (χ0) is 12.3. The van der Waals surface area contributed by atoms with Gasteiger partial charge in [-0.1, -0.05) is 5.16 Å². The van der Waals surface area contributed by atoms with Gasteiger partial charge in [-0.05, 0) is 18.2 Å². The van der Waals surface area contributed by atoms with Gasteiger partial charge in [0.1, 0.15) is 12.0 Å². The normalized spacial score (nSPS) is 10.1. The minimum atomic E-state index is -1.05. The summed E-state index contributed by atoms with van der Waals surface area (Å²) in [5.41, 5.74) is 7.27. The highest BCUT2D eigenvalue weighted by Crippen LogP contribution is 2.18. The van der Waals surface area contributed by atoms with Crippen molar-refractivity contribution in [2.45, 2.75) is 6.54 Å². The molecule has 88 valence electrons. The highest BCUT2D eigenvalue weighted by Gasteiger charge is 2.08. The zero-order valence-electron chi connectivity index (χ0n) is 8.88. The molecule has 0 aliphatic heterocycles. The zero-order valence-corrected chi connectivity index (χ0v) is 8.88. The lowest BCUT2D eigenvalue weighted by Crippen LogP contribution is -2.05. The Balaban J connectivity index is 2.11. The molecule has 0 saturated heterocycles. The molecule has 17 heavy (non-hydrogen) atoms. The summed E-state index contributed by atoms with van der Waals surface area (Å²) in [7, 11) is 0. The van der Waals surface area contributed by atoms with Gasteiger partial charge < -0.3 is 20.7 Å². The maximum Gasteiger partial charge on any atom is 0.337 e. The number of nitrogens with two attached hydrogens (primary N) is 1. The molecule has 1 heterocycles. The number of nitrogens with one attached hydrogen (secondary N) is 1. The Morgan fingerprint density at radius 1 is 1.47 bits per heavy atom. The van der Waals surface area contributed by atoms with E-state index in [0.29, 0.717) is 12.2 Å². The average molecular weight is 233 g/mol. The highest BCUT2D eigenvalue weighted by molar-refractivity contribution is 5.94. The minimum absolute atomic E-state index is 0.0788. The summed E-state index contributed by atoms with van der Waals surface area (Å²) in [5.74, 6) is -1.05. The number of aromatic nitrogens is 1. The van der Waals surface area contributed by atoms with Crippen LogP contribution in [-0.4, -0.2) is 16.2 Å². The maximum atomic E-state index is 10.9. The Hall–Kier alpha value is -2.50. The Morgan fingerprint density at radius 2 is 2.29 bits per heavy atom. The number of hydrogen-bond donors (Lipinski definition) is 3. The van der Waals surface area contributed by atoms with Crippen LogP contribution in [0.3, 0.4) is 0 Å². The van der Waals surface area contributed by atoms with Crippen molar-refractivity contribution in [2.24, 2.45) is 0 Å². The largest absolute Gasteiger partial charge is 0.478 e. The summed E-state index contributed by atoms with van der Waals surface area (Å²) < 4.78 is 4.68. The van der Waals surface area contributed by atoms with Crippen molar-refractivity contribution in [1.82, 2.24) is 5.16 Å². The van der Waals surface area contributed by atoms with Crippen molar-refractivity contribution in [1.29, 1.82) is 0 Å². The number of carboxylic acids is 1. The second-order valence-corrected chi connectivity index (χ2v) is 3.45. The number of rotatable bonds is 4. The number of carboxylic acid groups (broad SMARTS) is 1. The van der Waals surface area contributed by atoms with Gasteiger partial charge in [-0.25, -0.2) is 4.79 Å². The van der Waals surface area contributed by atoms with Gasteiger partial charge in [-0.3, -0.25) is 0 Å². The number of nitrogens with zero attached hydrogens (tertiary/aromatic N) is 1. The van der Waals surface area contributed by atoms with Crippen molar-refractivity contribution in [3.63, 3.8) is 0 Å². The third kappa shape index (κ3) is 2.54. The fourth-order valence-corrected chi connectivity index (χ4v) is 1.37. The van der Waals surface area contributed by atoms with Gasteiger partial charge in [0.2, 0.25) is 0 Å². The first kappa shape index (κ1) is 11.0. The topological polar surface area (TPSA) is 101 Å². The van der Waals surface area contributed by atoms with Crippen LogP contribution in [0.15, 0.2) is 35.1 Å². The molecule has 0 fully saturated rings. The molecule has 0 unspecified atom stereocenters. The van der Waals surface area contributed by atoms with Gasteiger partial charge >= 0.3 is 5.97 Å². The number of aromatic carboxylic acids is 1. The van der Waals surface area contributed by atoms with Crippen LogP contribution in [0.1, 0.15) is 16.1 Å². The molecule has 0 radical (unpaired) electrons. The van der Waals surface area contributed by atoms with Crippen LogP contribution in [0, 0.1) is 0 Å². The van der Waals surface area contributed by atoms with E-state index in [1.807, 2.05) is 0 Å². The molecule has 4 N–H and O–H groups in total. The SMILES string of the molecule is Nc1ccc(NCc2ccon2)cc1C(=O)O. The van der Waals surface area contributed by atoms with Crippen molar-refractivity contribution in [3.05, 3.63) is 41.8 Å². The van der Waals surface area contributed by atoms with Crippen LogP contribution in [-0.2, 0) is 6.54 Å². The lowest BCUT2D eigenvalue weighted by atomic mass is 10.1. The lowest BCUT2D eigenvalue weighted by Gasteiger charge is -2.07. The van der Waals surface area contributed by atoms with E-state index in [1.165, 1.54) is 12.3 Å². The number of benzene rings is 1. The monoisotopic (exact) mass is 233 g/mol. The molecule has 6 nitrogen and oxygen atoms in total. The lowest BCUT2D eigenvalue weighted by molar-refractivity contribution is 0.0698. The molecule has 0 atom stereocenters. The van der Waals surface area contributed by atoms with E-state index in [-0.39, 0.29) is 11.3 Å². The van der Waals surface area contributed by atoms with Crippen LogP contribution < -0.4 is 11.1 Å². The molecule has 6 heteroatoms. The van der Waals surface area contributed by atoms with Crippen LogP contribution in [0.25, 0.3) is 0 Å². The van der Waals surface area contributed by atoms with Crippen molar-refractivity contribution < 1.29 is 14.4 Å². The van der Waals surface area contributed by atoms with Crippen molar-refractivity contribution in [2.75, 3.05) is 11.1 Å². The van der Waals surface area contributed by atoms with E-state index in [9.17, 15) is 4.79 Å². The summed E-state index contributed by atoms with van der Waals surface area (Å²) in [5, 5.41) is 15.7. The quantitative estimate of drug-likeness (QED) is 0.693. The average Bonchev–Trinajstić information content (AvgIpc) is 2.80. The summed E-state index contributed by atoms with van der Waals surface area (Å²) in [6, 6.07) is 6.47. The molecule has 1 aromatic heterocycles. The molecule has 0 spiro atoms. The van der Waals surface area contributed by atoms with Gasteiger partial charge in [-0.2, -0.15) is 0 Å². The smallest absolute Gasteiger partial charge is 0.337 e. The molecule has 2 aromatic rings. The summed E-state index contributed by atoms with van der Waals surface area (Å²) >= 11 is 0. The van der Waals surface area contributed by atoms with E-state index in [2.05, 4.69) is 15.0 Å². The number of carbonyl (C=O) groups is 1. The van der Waals surface area contributed by atoms with Crippen LogP contribution >= 0.6 is 0 Å². The standard InChI is InChI=1S/C11H11N3O3/c12-10-2-1-7(5-9(10)11(15)16)13-6-8-3-4-17-14-8/h1-5,13H,6,12H2,(H,15,16). The molecule has 0 amide bonds. The summed E-state index contributed by atoms with van der Waals surface area (Å²) in [4.78, 5) is 10.9. The molecule has 0 aliphatic rings. The Bertz CT molecular complexity index is 523. The molecular formula is C11H11N3O3. The van der Waals surface area contributed by atoms with Gasteiger partial charge in [0, 0.05) is 17.4 Å². The first-order chi connectivity index (χ1) is 8.16. The van der Waals surface area contributed by atoms with Crippen molar-refractivity contribution in [3.8, 4) is 0 Å². The highest BCUT2D eigenvalue weighted by atomic mass is 16.5. The fraction of sp³-hybridized carbons (Fsp3) is 0.0909. The Labute approximate surface area is 97.0 Å². The van der Waals surface area contributed by atoms with Crippen LogP contribution in [0.2, 0.25) is 0 Å². The second kappa shape index (κ2) is 4.56. The van der Waals surface area contributed by atoms with Gasteiger partial charge in [0.15, 0.2) is 0 Å². The predicted octanol–water partition coefficient (Wildman–Crippen LogP) is 1.57. The first-order valence-electron chi connectivity index (χ1n) is 4.93. The molecule has 1 aromatic carbocycles. The molecule has 0 saturated carbocycles. The summed E-state index contributed by atoms with van der Waals surface area (Å²) in [6.45, 7) is 0.458. The maximum absolute atomic E-state index is 10.9. The van der Waals surface area contributed by atoms with Crippen molar-refractivity contribution >= 4 is 17.3 Å². The van der Waals surface area contributed by atoms with Gasteiger partial charge in [-0.15, -0.1) is 0 Å². The van der Waals surface area contributed by atoms with Crippen LogP contribution in [0.4, 0.5) is 11.4 Å². The minimum Gasteiger partial charge on any atom is -0.478 e. The van der Waals surface area contributed by atoms with Crippen LogP contribution in [0.5, 0.6) is 0 Å².